The molecular formula is C23H34N4O2. The number of hydrogen-bond acceptors (Lipinski definition) is 4. The van der Waals surface area contributed by atoms with E-state index in [4.69, 9.17) is 9.97 Å². The Balaban J connectivity index is 1.41. The Morgan fingerprint density at radius 1 is 0.862 bits per heavy atom. The fourth-order valence-electron chi connectivity index (χ4n) is 5.21. The van der Waals surface area contributed by atoms with E-state index in [2.05, 4.69) is 0 Å². The maximum atomic E-state index is 12.7. The van der Waals surface area contributed by atoms with E-state index in [1.54, 1.807) is 0 Å². The van der Waals surface area contributed by atoms with Crippen LogP contribution in [-0.4, -0.2) is 57.8 Å². The summed E-state index contributed by atoms with van der Waals surface area (Å²) >= 11 is 0. The van der Waals surface area contributed by atoms with E-state index in [1.165, 1.54) is 19.3 Å². The number of carbonyl (C=O) groups excluding carboxylic acids is 2. The summed E-state index contributed by atoms with van der Waals surface area (Å²) in [5.41, 5.74) is 2.80. The molecular weight excluding hydrogens is 364 g/mol. The number of likely N-dealkylation sites (tertiary alicyclic amines) is 2. The molecule has 29 heavy (non-hydrogen) atoms. The van der Waals surface area contributed by atoms with Gasteiger partial charge in [0.05, 0.1) is 6.42 Å². The van der Waals surface area contributed by atoms with E-state index in [-0.39, 0.29) is 17.7 Å². The van der Waals surface area contributed by atoms with Gasteiger partial charge in [-0.2, -0.15) is 0 Å². The van der Waals surface area contributed by atoms with Crippen LogP contribution in [0.25, 0.3) is 0 Å². The van der Waals surface area contributed by atoms with Crippen LogP contribution in [0.5, 0.6) is 0 Å². The minimum atomic E-state index is 0.196. The number of piperidine rings is 1. The smallest absolute Gasteiger partial charge is 0.227 e. The summed E-state index contributed by atoms with van der Waals surface area (Å²) < 4.78 is 0. The van der Waals surface area contributed by atoms with Crippen molar-refractivity contribution in [2.45, 2.75) is 77.6 Å². The van der Waals surface area contributed by atoms with E-state index in [0.29, 0.717) is 12.3 Å². The van der Waals surface area contributed by atoms with Crippen molar-refractivity contribution in [2.24, 2.45) is 5.92 Å². The minimum absolute atomic E-state index is 0.196. The second kappa shape index (κ2) is 8.80. The van der Waals surface area contributed by atoms with E-state index in [9.17, 15) is 9.59 Å². The SMILES string of the molecule is Cc1nc([C@H]2CCN(C(=O)C3CCCC3)C2)nc(C)c1CC(=O)N1CCCCC1. The molecule has 4 rings (SSSR count). The summed E-state index contributed by atoms with van der Waals surface area (Å²) in [5, 5.41) is 0. The lowest BCUT2D eigenvalue weighted by molar-refractivity contribution is -0.134. The summed E-state index contributed by atoms with van der Waals surface area (Å²) in [6.45, 7) is 7.29. The average molecular weight is 399 g/mol. The van der Waals surface area contributed by atoms with Gasteiger partial charge in [0.25, 0.3) is 0 Å². The second-order valence-corrected chi connectivity index (χ2v) is 9.10. The van der Waals surface area contributed by atoms with E-state index >= 15 is 0 Å². The minimum Gasteiger partial charge on any atom is -0.342 e. The summed E-state index contributed by atoms with van der Waals surface area (Å²) in [6, 6.07) is 0. The van der Waals surface area contributed by atoms with E-state index < -0.39 is 0 Å². The van der Waals surface area contributed by atoms with Gasteiger partial charge in [-0.1, -0.05) is 12.8 Å². The molecule has 3 aliphatic rings. The molecule has 0 unspecified atom stereocenters. The molecule has 0 N–H and O–H groups in total. The van der Waals surface area contributed by atoms with Gasteiger partial charge in [0.2, 0.25) is 11.8 Å². The Labute approximate surface area is 174 Å². The van der Waals surface area contributed by atoms with Crippen LogP contribution in [0.3, 0.4) is 0 Å². The Morgan fingerprint density at radius 2 is 1.52 bits per heavy atom. The molecule has 0 bridgehead atoms. The maximum Gasteiger partial charge on any atom is 0.227 e. The van der Waals surface area contributed by atoms with Gasteiger partial charge in [-0.3, -0.25) is 9.59 Å². The van der Waals surface area contributed by atoms with Crippen molar-refractivity contribution in [1.29, 1.82) is 0 Å². The largest absolute Gasteiger partial charge is 0.342 e. The molecule has 158 valence electrons. The molecule has 0 spiro atoms. The van der Waals surface area contributed by atoms with Gasteiger partial charge in [0.15, 0.2) is 0 Å². The normalized spacial score (nSPS) is 23.0. The molecule has 1 aromatic heterocycles. The van der Waals surface area contributed by atoms with Crippen molar-refractivity contribution < 1.29 is 9.59 Å². The topological polar surface area (TPSA) is 66.4 Å². The summed E-state index contributed by atoms with van der Waals surface area (Å²) in [5.74, 6) is 1.82. The highest BCUT2D eigenvalue weighted by Gasteiger charge is 2.34. The standard InChI is InChI=1S/C23H34N4O2/c1-16-20(14-21(28)26-11-6-3-7-12-26)17(2)25-22(24-16)19-10-13-27(15-19)23(29)18-8-4-5-9-18/h18-19H,3-15H2,1-2H3/t19-/m0/s1. The molecule has 3 heterocycles. The second-order valence-electron chi connectivity index (χ2n) is 9.10. The van der Waals surface area contributed by atoms with Crippen molar-refractivity contribution in [3.63, 3.8) is 0 Å². The first kappa shape index (κ1) is 20.3. The zero-order valence-corrected chi connectivity index (χ0v) is 18.0. The first-order chi connectivity index (χ1) is 14.0. The highest BCUT2D eigenvalue weighted by molar-refractivity contribution is 5.80. The van der Waals surface area contributed by atoms with Crippen molar-refractivity contribution in [3.8, 4) is 0 Å². The highest BCUT2D eigenvalue weighted by Crippen LogP contribution is 2.31. The Hall–Kier alpha value is -1.98. The molecule has 2 aliphatic heterocycles. The molecule has 1 aliphatic carbocycles. The average Bonchev–Trinajstić information content (AvgIpc) is 3.43. The predicted octanol–water partition coefficient (Wildman–Crippen LogP) is 3.15. The zero-order valence-electron chi connectivity index (χ0n) is 18.0. The summed E-state index contributed by atoms with van der Waals surface area (Å²) in [6.07, 6.45) is 9.25. The van der Waals surface area contributed by atoms with Crippen molar-refractivity contribution in [2.75, 3.05) is 26.2 Å². The van der Waals surface area contributed by atoms with Gasteiger partial charge in [0, 0.05) is 55.0 Å². The molecule has 6 heteroatoms. The molecule has 3 fully saturated rings. The lowest BCUT2D eigenvalue weighted by Crippen LogP contribution is -2.37. The number of carbonyl (C=O) groups is 2. The number of aromatic nitrogens is 2. The van der Waals surface area contributed by atoms with Crippen molar-refractivity contribution in [1.82, 2.24) is 19.8 Å². The molecule has 1 saturated carbocycles. The lowest BCUT2D eigenvalue weighted by atomic mass is 10.0. The van der Waals surface area contributed by atoms with Gasteiger partial charge in [0.1, 0.15) is 5.82 Å². The van der Waals surface area contributed by atoms with Crippen LogP contribution in [0.2, 0.25) is 0 Å². The molecule has 2 amide bonds. The third-order valence-corrected chi connectivity index (χ3v) is 7.04. The number of aryl methyl sites for hydroxylation is 2. The van der Waals surface area contributed by atoms with Crippen LogP contribution in [0.4, 0.5) is 0 Å². The number of hydrogen-bond donors (Lipinski definition) is 0. The Kier molecular flexibility index (Phi) is 6.16. The van der Waals surface area contributed by atoms with E-state index in [1.807, 2.05) is 23.6 Å². The zero-order chi connectivity index (χ0) is 20.4. The molecule has 1 atom stereocenters. The van der Waals surface area contributed by atoms with Crippen LogP contribution in [0, 0.1) is 19.8 Å². The molecule has 1 aromatic rings. The van der Waals surface area contributed by atoms with Crippen LogP contribution in [0.15, 0.2) is 0 Å². The molecule has 0 aromatic carbocycles. The number of amides is 2. The van der Waals surface area contributed by atoms with Gasteiger partial charge >= 0.3 is 0 Å². The predicted molar refractivity (Wildman–Crippen MR) is 112 cm³/mol. The van der Waals surface area contributed by atoms with Gasteiger partial charge in [-0.05, 0) is 52.4 Å². The first-order valence-electron chi connectivity index (χ1n) is 11.4. The summed E-state index contributed by atoms with van der Waals surface area (Å²) in [7, 11) is 0. The maximum absolute atomic E-state index is 12.7. The van der Waals surface area contributed by atoms with Gasteiger partial charge in [-0.25, -0.2) is 9.97 Å². The quantitative estimate of drug-likeness (QED) is 0.781. The van der Waals surface area contributed by atoms with Crippen molar-refractivity contribution >= 4 is 11.8 Å². The van der Waals surface area contributed by atoms with Crippen molar-refractivity contribution in [3.05, 3.63) is 22.8 Å². The third kappa shape index (κ3) is 4.46. The van der Waals surface area contributed by atoms with Gasteiger partial charge in [-0.15, -0.1) is 0 Å². The molecule has 6 nitrogen and oxygen atoms in total. The third-order valence-electron chi connectivity index (χ3n) is 7.04. The van der Waals surface area contributed by atoms with Crippen LogP contribution in [-0.2, 0) is 16.0 Å². The highest BCUT2D eigenvalue weighted by atomic mass is 16.2. The molecule has 2 saturated heterocycles. The Morgan fingerprint density at radius 3 is 2.17 bits per heavy atom. The fourth-order valence-corrected chi connectivity index (χ4v) is 5.21. The van der Waals surface area contributed by atoms with E-state index in [0.717, 1.165) is 81.1 Å². The monoisotopic (exact) mass is 398 g/mol. The lowest BCUT2D eigenvalue weighted by Gasteiger charge is -2.27. The Bertz CT molecular complexity index is 743. The summed E-state index contributed by atoms with van der Waals surface area (Å²) in [4.78, 5) is 39.0. The number of nitrogens with zero attached hydrogens (tertiary/aromatic N) is 4. The fraction of sp³-hybridized carbons (Fsp3) is 0.739. The first-order valence-corrected chi connectivity index (χ1v) is 11.4. The van der Waals surface area contributed by atoms with Crippen LogP contribution < -0.4 is 0 Å². The van der Waals surface area contributed by atoms with Crippen LogP contribution >= 0.6 is 0 Å². The van der Waals surface area contributed by atoms with Crippen LogP contribution in [0.1, 0.15) is 80.1 Å². The molecule has 0 radical (unpaired) electrons. The van der Waals surface area contributed by atoms with Gasteiger partial charge < -0.3 is 9.80 Å². The number of rotatable bonds is 4.